The highest BCUT2D eigenvalue weighted by Crippen LogP contribution is 2.30. The number of rotatable bonds is 3. The van der Waals surface area contributed by atoms with Crippen LogP contribution in [0.2, 0.25) is 0 Å². The van der Waals surface area contributed by atoms with E-state index in [-0.39, 0.29) is 17.7 Å². The highest BCUT2D eigenvalue weighted by molar-refractivity contribution is 5.88. The second kappa shape index (κ2) is 4.88. The molecule has 0 bridgehead atoms. The number of carbonyl (C=O) groups is 1. The summed E-state index contributed by atoms with van der Waals surface area (Å²) < 4.78 is 0. The molecule has 4 nitrogen and oxygen atoms in total. The molecule has 1 aliphatic rings. The van der Waals surface area contributed by atoms with E-state index in [9.17, 15) is 4.79 Å². The fraction of sp³-hybridized carbons (Fsp3) is 0.385. The fourth-order valence-corrected chi connectivity index (χ4v) is 1.94. The summed E-state index contributed by atoms with van der Waals surface area (Å²) in [5.74, 6) is -0.301. The van der Waals surface area contributed by atoms with E-state index in [2.05, 4.69) is 16.7 Å². The molecule has 2 rings (SSSR count). The Balaban J connectivity index is 2.01. The van der Waals surface area contributed by atoms with Crippen LogP contribution in [-0.2, 0) is 4.79 Å². The third-order valence-electron chi connectivity index (χ3n) is 2.95. The molecule has 88 valence electrons. The van der Waals surface area contributed by atoms with Gasteiger partial charge in [0.15, 0.2) is 0 Å². The Kier molecular flexibility index (Phi) is 3.29. The first-order valence-electron chi connectivity index (χ1n) is 5.72. The molecule has 17 heavy (non-hydrogen) atoms. The standard InChI is InChI=1S/C13H15N3O/c1-9(6-14)7-16-13(17)11-8-15-12-5-3-2-4-10(11)12/h2-5,9,11,15H,7-8H2,1H3,(H,16,17). The van der Waals surface area contributed by atoms with Crippen LogP contribution in [0.5, 0.6) is 0 Å². The van der Waals surface area contributed by atoms with Crippen molar-refractivity contribution in [1.29, 1.82) is 5.26 Å². The van der Waals surface area contributed by atoms with Crippen molar-refractivity contribution < 1.29 is 4.79 Å². The predicted octanol–water partition coefficient (Wildman–Crippen LogP) is 1.47. The Hall–Kier alpha value is -2.02. The van der Waals surface area contributed by atoms with Gasteiger partial charge in [0, 0.05) is 18.8 Å². The Morgan fingerprint density at radius 1 is 1.65 bits per heavy atom. The van der Waals surface area contributed by atoms with Crippen molar-refractivity contribution in [3.05, 3.63) is 29.8 Å². The molecule has 4 heteroatoms. The van der Waals surface area contributed by atoms with Crippen LogP contribution in [0.15, 0.2) is 24.3 Å². The number of anilines is 1. The van der Waals surface area contributed by atoms with Gasteiger partial charge in [0.05, 0.1) is 17.9 Å². The van der Waals surface area contributed by atoms with E-state index in [0.29, 0.717) is 13.1 Å². The van der Waals surface area contributed by atoms with Gasteiger partial charge in [-0.1, -0.05) is 18.2 Å². The largest absolute Gasteiger partial charge is 0.384 e. The Bertz CT molecular complexity index is 464. The molecule has 1 aromatic carbocycles. The second-order valence-electron chi connectivity index (χ2n) is 4.30. The second-order valence-corrected chi connectivity index (χ2v) is 4.30. The number of benzene rings is 1. The van der Waals surface area contributed by atoms with Gasteiger partial charge in [-0.2, -0.15) is 5.26 Å². The molecule has 0 fully saturated rings. The molecule has 1 amide bonds. The van der Waals surface area contributed by atoms with Crippen molar-refractivity contribution in [2.45, 2.75) is 12.8 Å². The third-order valence-corrected chi connectivity index (χ3v) is 2.95. The van der Waals surface area contributed by atoms with Crippen molar-refractivity contribution in [2.75, 3.05) is 18.4 Å². The zero-order valence-corrected chi connectivity index (χ0v) is 9.73. The van der Waals surface area contributed by atoms with E-state index in [1.54, 1.807) is 6.92 Å². The number of hydrogen-bond acceptors (Lipinski definition) is 3. The monoisotopic (exact) mass is 229 g/mol. The van der Waals surface area contributed by atoms with Gasteiger partial charge in [-0.25, -0.2) is 0 Å². The molecule has 1 heterocycles. The minimum Gasteiger partial charge on any atom is -0.384 e. The van der Waals surface area contributed by atoms with Gasteiger partial charge in [-0.15, -0.1) is 0 Å². The number of nitrogens with zero attached hydrogens (tertiary/aromatic N) is 1. The van der Waals surface area contributed by atoms with Crippen LogP contribution >= 0.6 is 0 Å². The lowest BCUT2D eigenvalue weighted by atomic mass is 10.0. The quantitative estimate of drug-likeness (QED) is 0.825. The smallest absolute Gasteiger partial charge is 0.229 e. The van der Waals surface area contributed by atoms with Crippen LogP contribution in [0.3, 0.4) is 0 Å². The van der Waals surface area contributed by atoms with E-state index in [1.807, 2.05) is 24.3 Å². The first-order valence-corrected chi connectivity index (χ1v) is 5.72. The molecule has 0 aromatic heterocycles. The van der Waals surface area contributed by atoms with Gasteiger partial charge in [-0.05, 0) is 18.6 Å². The zero-order valence-electron chi connectivity index (χ0n) is 9.73. The summed E-state index contributed by atoms with van der Waals surface area (Å²) in [5, 5.41) is 14.7. The van der Waals surface area contributed by atoms with Crippen molar-refractivity contribution in [1.82, 2.24) is 5.32 Å². The van der Waals surface area contributed by atoms with E-state index >= 15 is 0 Å². The fourth-order valence-electron chi connectivity index (χ4n) is 1.94. The number of hydrogen-bond donors (Lipinski definition) is 2. The van der Waals surface area contributed by atoms with Gasteiger partial charge in [-0.3, -0.25) is 4.79 Å². The van der Waals surface area contributed by atoms with Crippen molar-refractivity contribution in [2.24, 2.45) is 5.92 Å². The van der Waals surface area contributed by atoms with E-state index in [4.69, 9.17) is 5.26 Å². The number of amides is 1. The van der Waals surface area contributed by atoms with Gasteiger partial charge in [0.25, 0.3) is 0 Å². The molecular formula is C13H15N3O. The van der Waals surface area contributed by atoms with Crippen molar-refractivity contribution >= 4 is 11.6 Å². The summed E-state index contributed by atoms with van der Waals surface area (Å²) in [7, 11) is 0. The first-order chi connectivity index (χ1) is 8.22. The number of carbonyl (C=O) groups excluding carboxylic acids is 1. The molecule has 0 radical (unpaired) electrons. The first kappa shape index (κ1) is 11.5. The molecule has 2 N–H and O–H groups in total. The lowest BCUT2D eigenvalue weighted by molar-refractivity contribution is -0.122. The maximum atomic E-state index is 12.0. The maximum Gasteiger partial charge on any atom is 0.229 e. The molecule has 0 spiro atoms. The van der Waals surface area contributed by atoms with E-state index < -0.39 is 0 Å². The normalized spacial score (nSPS) is 18.7. The molecule has 2 unspecified atom stereocenters. The highest BCUT2D eigenvalue weighted by atomic mass is 16.1. The van der Waals surface area contributed by atoms with Crippen LogP contribution in [0.4, 0.5) is 5.69 Å². The lowest BCUT2D eigenvalue weighted by Gasteiger charge is -2.11. The Labute approximate surface area is 101 Å². The molecule has 0 saturated carbocycles. The summed E-state index contributed by atoms with van der Waals surface area (Å²) in [6, 6.07) is 9.92. The predicted molar refractivity (Wildman–Crippen MR) is 65.5 cm³/mol. The lowest BCUT2D eigenvalue weighted by Crippen LogP contribution is -2.33. The van der Waals surface area contributed by atoms with Gasteiger partial charge in [0.2, 0.25) is 5.91 Å². The summed E-state index contributed by atoms with van der Waals surface area (Å²) in [6.07, 6.45) is 0. The SMILES string of the molecule is CC(C#N)CNC(=O)C1CNc2ccccc21. The molecule has 0 saturated heterocycles. The minimum atomic E-state index is -0.149. The van der Waals surface area contributed by atoms with E-state index in [1.165, 1.54) is 0 Å². The summed E-state index contributed by atoms with van der Waals surface area (Å²) in [5.41, 5.74) is 2.07. The summed E-state index contributed by atoms with van der Waals surface area (Å²) in [4.78, 5) is 12.0. The Morgan fingerprint density at radius 3 is 3.18 bits per heavy atom. The highest BCUT2D eigenvalue weighted by Gasteiger charge is 2.27. The molecule has 0 aliphatic carbocycles. The Morgan fingerprint density at radius 2 is 2.41 bits per heavy atom. The topological polar surface area (TPSA) is 64.9 Å². The third kappa shape index (κ3) is 2.39. The average molecular weight is 229 g/mol. The number of fused-ring (bicyclic) bond motifs is 1. The van der Waals surface area contributed by atoms with Crippen LogP contribution in [0, 0.1) is 17.2 Å². The van der Waals surface area contributed by atoms with Gasteiger partial charge < -0.3 is 10.6 Å². The van der Waals surface area contributed by atoms with E-state index in [0.717, 1.165) is 11.3 Å². The van der Waals surface area contributed by atoms with Gasteiger partial charge in [0.1, 0.15) is 0 Å². The van der Waals surface area contributed by atoms with Crippen LogP contribution in [0.25, 0.3) is 0 Å². The summed E-state index contributed by atoms with van der Waals surface area (Å²) in [6.45, 7) is 2.83. The molecule has 2 atom stereocenters. The number of nitrogens with one attached hydrogen (secondary N) is 2. The molecule has 1 aliphatic heterocycles. The number of para-hydroxylation sites is 1. The summed E-state index contributed by atoms with van der Waals surface area (Å²) >= 11 is 0. The molecular weight excluding hydrogens is 214 g/mol. The van der Waals surface area contributed by atoms with Gasteiger partial charge >= 0.3 is 0 Å². The maximum absolute atomic E-state index is 12.0. The minimum absolute atomic E-state index is 0.00968. The number of nitriles is 1. The zero-order chi connectivity index (χ0) is 12.3. The van der Waals surface area contributed by atoms with Crippen LogP contribution < -0.4 is 10.6 Å². The van der Waals surface area contributed by atoms with Crippen LogP contribution in [0.1, 0.15) is 18.4 Å². The average Bonchev–Trinajstić information content (AvgIpc) is 2.79. The van der Waals surface area contributed by atoms with Crippen molar-refractivity contribution in [3.8, 4) is 6.07 Å². The molecule has 1 aromatic rings. The van der Waals surface area contributed by atoms with Crippen molar-refractivity contribution in [3.63, 3.8) is 0 Å². The van der Waals surface area contributed by atoms with Crippen LogP contribution in [-0.4, -0.2) is 19.0 Å².